The van der Waals surface area contributed by atoms with Crippen molar-refractivity contribution in [1.82, 2.24) is 10.2 Å². The summed E-state index contributed by atoms with van der Waals surface area (Å²) in [5.74, 6) is 1.15. The third-order valence-corrected chi connectivity index (χ3v) is 6.48. The van der Waals surface area contributed by atoms with Gasteiger partial charge in [-0.1, -0.05) is 66.2 Å². The van der Waals surface area contributed by atoms with Gasteiger partial charge in [0.05, 0.1) is 13.2 Å². The molecule has 0 unspecified atom stereocenters. The van der Waals surface area contributed by atoms with Crippen molar-refractivity contribution in [3.63, 3.8) is 0 Å². The first-order chi connectivity index (χ1) is 19.1. The normalized spacial score (nSPS) is 11.9. The molecule has 3 aromatic rings. The van der Waals surface area contributed by atoms with Gasteiger partial charge in [-0.2, -0.15) is 0 Å². The van der Waals surface area contributed by atoms with Gasteiger partial charge in [0.25, 0.3) is 0 Å². The highest BCUT2D eigenvalue weighted by atomic mass is 16.5. The summed E-state index contributed by atoms with van der Waals surface area (Å²) in [6, 6.07) is 23.2. The van der Waals surface area contributed by atoms with E-state index in [1.54, 1.807) is 4.90 Å². The summed E-state index contributed by atoms with van der Waals surface area (Å²) in [5, 5.41) is 3.12. The second-order valence-corrected chi connectivity index (χ2v) is 11.1. The summed E-state index contributed by atoms with van der Waals surface area (Å²) in [5.41, 5.74) is 3.69. The molecule has 0 fully saturated rings. The van der Waals surface area contributed by atoms with E-state index < -0.39 is 11.6 Å². The molecule has 0 spiro atoms. The van der Waals surface area contributed by atoms with Crippen LogP contribution in [0.1, 0.15) is 63.3 Å². The van der Waals surface area contributed by atoms with E-state index in [-0.39, 0.29) is 18.2 Å². The van der Waals surface area contributed by atoms with Gasteiger partial charge in [0.1, 0.15) is 6.04 Å². The van der Waals surface area contributed by atoms with Crippen LogP contribution >= 0.6 is 0 Å². The summed E-state index contributed by atoms with van der Waals surface area (Å²) in [7, 11) is 0. The van der Waals surface area contributed by atoms with Crippen molar-refractivity contribution in [2.24, 2.45) is 0 Å². The van der Waals surface area contributed by atoms with E-state index in [4.69, 9.17) is 9.47 Å². The van der Waals surface area contributed by atoms with E-state index in [1.807, 2.05) is 114 Å². The molecule has 2 amide bonds. The Morgan fingerprint density at radius 1 is 0.825 bits per heavy atom. The molecular weight excluding hydrogens is 500 g/mol. The van der Waals surface area contributed by atoms with E-state index >= 15 is 0 Å². The molecule has 0 saturated heterocycles. The lowest BCUT2D eigenvalue weighted by Gasteiger charge is -2.34. The van der Waals surface area contributed by atoms with Gasteiger partial charge < -0.3 is 19.7 Å². The molecule has 6 nitrogen and oxygen atoms in total. The third kappa shape index (κ3) is 9.44. The molecule has 0 saturated carbocycles. The van der Waals surface area contributed by atoms with Crippen LogP contribution in [0.5, 0.6) is 11.5 Å². The SMILES string of the molecule is CCOc1ccc(CCC(=O)N(Cc2ccc(C)cc2)[C@H](Cc2ccccc2)C(=O)NC(C)(C)C)cc1OCC. The predicted molar refractivity (Wildman–Crippen MR) is 161 cm³/mol. The maximum Gasteiger partial charge on any atom is 0.243 e. The number of ether oxygens (including phenoxy) is 2. The van der Waals surface area contributed by atoms with Gasteiger partial charge >= 0.3 is 0 Å². The number of aryl methyl sites for hydroxylation is 2. The minimum atomic E-state index is -0.658. The van der Waals surface area contributed by atoms with Crippen LogP contribution in [0.2, 0.25) is 0 Å². The van der Waals surface area contributed by atoms with Crippen LogP contribution in [0.15, 0.2) is 72.8 Å². The van der Waals surface area contributed by atoms with Crippen LogP contribution < -0.4 is 14.8 Å². The highest BCUT2D eigenvalue weighted by Crippen LogP contribution is 2.29. The summed E-state index contributed by atoms with van der Waals surface area (Å²) in [4.78, 5) is 29.4. The molecule has 6 heteroatoms. The van der Waals surface area contributed by atoms with E-state index in [1.165, 1.54) is 0 Å². The van der Waals surface area contributed by atoms with Gasteiger partial charge in [0, 0.05) is 24.9 Å². The number of rotatable bonds is 13. The van der Waals surface area contributed by atoms with Crippen molar-refractivity contribution >= 4 is 11.8 Å². The van der Waals surface area contributed by atoms with Crippen LogP contribution in [-0.4, -0.2) is 41.5 Å². The highest BCUT2D eigenvalue weighted by molar-refractivity contribution is 5.88. The molecule has 0 aliphatic carbocycles. The van der Waals surface area contributed by atoms with Crippen LogP contribution in [0, 0.1) is 6.92 Å². The minimum absolute atomic E-state index is 0.0718. The predicted octanol–water partition coefficient (Wildman–Crippen LogP) is 6.28. The maximum atomic E-state index is 14.0. The van der Waals surface area contributed by atoms with Crippen molar-refractivity contribution < 1.29 is 19.1 Å². The molecule has 1 atom stereocenters. The summed E-state index contributed by atoms with van der Waals surface area (Å²) < 4.78 is 11.5. The highest BCUT2D eigenvalue weighted by Gasteiger charge is 2.32. The van der Waals surface area contributed by atoms with Gasteiger partial charge in [-0.25, -0.2) is 0 Å². The number of benzene rings is 3. The number of nitrogens with one attached hydrogen (secondary N) is 1. The topological polar surface area (TPSA) is 67.9 Å². The molecule has 0 aromatic heterocycles. The van der Waals surface area contributed by atoms with Crippen molar-refractivity contribution in [3.8, 4) is 11.5 Å². The summed E-state index contributed by atoms with van der Waals surface area (Å²) in [6.07, 6.45) is 1.21. The van der Waals surface area contributed by atoms with Crippen molar-refractivity contribution in [2.45, 2.75) is 78.9 Å². The minimum Gasteiger partial charge on any atom is -0.490 e. The Morgan fingerprint density at radius 3 is 2.08 bits per heavy atom. The van der Waals surface area contributed by atoms with Crippen molar-refractivity contribution in [3.05, 3.63) is 95.1 Å². The molecule has 214 valence electrons. The molecule has 0 aliphatic heterocycles. The Labute approximate surface area is 239 Å². The second kappa shape index (κ2) is 14.5. The average molecular weight is 545 g/mol. The average Bonchev–Trinajstić information content (AvgIpc) is 2.91. The Bertz CT molecular complexity index is 1230. The van der Waals surface area contributed by atoms with Gasteiger partial charge in [-0.15, -0.1) is 0 Å². The van der Waals surface area contributed by atoms with E-state index in [2.05, 4.69) is 5.32 Å². The maximum absolute atomic E-state index is 14.0. The van der Waals surface area contributed by atoms with E-state index in [0.717, 1.165) is 22.3 Å². The quantitative estimate of drug-likeness (QED) is 0.275. The summed E-state index contributed by atoms with van der Waals surface area (Å²) in [6.45, 7) is 13.2. The Morgan fingerprint density at radius 2 is 1.45 bits per heavy atom. The lowest BCUT2D eigenvalue weighted by atomic mass is 9.99. The van der Waals surface area contributed by atoms with Gasteiger partial charge in [0.15, 0.2) is 11.5 Å². The number of nitrogens with zero attached hydrogens (tertiary/aromatic N) is 1. The first-order valence-electron chi connectivity index (χ1n) is 14.2. The molecule has 0 aliphatic rings. The first-order valence-corrected chi connectivity index (χ1v) is 14.2. The summed E-state index contributed by atoms with van der Waals surface area (Å²) >= 11 is 0. The molecule has 40 heavy (non-hydrogen) atoms. The fourth-order valence-electron chi connectivity index (χ4n) is 4.54. The third-order valence-electron chi connectivity index (χ3n) is 6.48. The van der Waals surface area contributed by atoms with Gasteiger partial charge in [-0.05, 0) is 76.8 Å². The molecule has 0 heterocycles. The fourth-order valence-corrected chi connectivity index (χ4v) is 4.54. The fraction of sp³-hybridized carbons (Fsp3) is 0.412. The molecule has 3 aromatic carbocycles. The number of carbonyl (C=O) groups excluding carboxylic acids is 2. The zero-order valence-corrected chi connectivity index (χ0v) is 24.8. The van der Waals surface area contributed by atoms with Crippen LogP contribution in [0.4, 0.5) is 0 Å². The number of hydrogen-bond acceptors (Lipinski definition) is 4. The standard InChI is InChI=1S/C34H44N2O4/c1-7-39-30-20-18-27(23-31(30)40-8-2)19-21-32(37)36(24-28-16-14-25(3)15-17-28)29(33(38)35-34(4,5)6)22-26-12-10-9-11-13-26/h9-18,20,23,29H,7-8,19,21-22,24H2,1-6H3,(H,35,38)/t29-/m1/s1. The molecule has 3 rings (SSSR count). The molecular formula is C34H44N2O4. The zero-order valence-electron chi connectivity index (χ0n) is 24.8. The smallest absolute Gasteiger partial charge is 0.243 e. The van der Waals surface area contributed by atoms with Crippen LogP contribution in [0.25, 0.3) is 0 Å². The van der Waals surface area contributed by atoms with E-state index in [0.29, 0.717) is 44.1 Å². The number of amides is 2. The van der Waals surface area contributed by atoms with Crippen molar-refractivity contribution in [1.29, 1.82) is 0 Å². The lowest BCUT2D eigenvalue weighted by molar-refractivity contribution is -0.141. The van der Waals surface area contributed by atoms with Crippen molar-refractivity contribution in [2.75, 3.05) is 13.2 Å². The lowest BCUT2D eigenvalue weighted by Crippen LogP contribution is -2.54. The first kappa shape index (κ1) is 30.7. The van der Waals surface area contributed by atoms with Crippen LogP contribution in [0.3, 0.4) is 0 Å². The molecule has 0 radical (unpaired) electrons. The largest absolute Gasteiger partial charge is 0.490 e. The Balaban J connectivity index is 1.91. The molecule has 0 bridgehead atoms. The van der Waals surface area contributed by atoms with Crippen LogP contribution in [-0.2, 0) is 29.0 Å². The van der Waals surface area contributed by atoms with Gasteiger partial charge in [-0.3, -0.25) is 9.59 Å². The monoisotopic (exact) mass is 544 g/mol. The second-order valence-electron chi connectivity index (χ2n) is 11.1. The molecule has 1 N–H and O–H groups in total. The number of carbonyl (C=O) groups is 2. The van der Waals surface area contributed by atoms with E-state index in [9.17, 15) is 9.59 Å². The van der Waals surface area contributed by atoms with Gasteiger partial charge in [0.2, 0.25) is 11.8 Å². The Hall–Kier alpha value is -3.80. The Kier molecular flexibility index (Phi) is 11.2. The number of hydrogen-bond donors (Lipinski definition) is 1. The zero-order chi connectivity index (χ0) is 29.1.